The van der Waals surface area contributed by atoms with E-state index in [1.807, 2.05) is 0 Å². The molecule has 0 aliphatic heterocycles. The first-order chi connectivity index (χ1) is 9.78. The van der Waals surface area contributed by atoms with E-state index in [1.54, 1.807) is 19.2 Å². The SMILES string of the molecule is CN=C(NCCOCC1CC1)NCc1ccc(F)cc1. The summed E-state index contributed by atoms with van der Waals surface area (Å²) >= 11 is 0. The van der Waals surface area contributed by atoms with E-state index in [4.69, 9.17) is 4.74 Å². The van der Waals surface area contributed by atoms with Gasteiger partial charge in [0.2, 0.25) is 0 Å². The maximum atomic E-state index is 12.8. The van der Waals surface area contributed by atoms with Gasteiger partial charge in [0, 0.05) is 26.7 Å². The zero-order chi connectivity index (χ0) is 14.2. The number of nitrogens with one attached hydrogen (secondary N) is 2. The molecular formula is C15H22FN3O. The van der Waals surface area contributed by atoms with Gasteiger partial charge in [0.25, 0.3) is 0 Å². The molecule has 0 atom stereocenters. The molecule has 1 aromatic rings. The fourth-order valence-electron chi connectivity index (χ4n) is 1.78. The molecule has 110 valence electrons. The quantitative estimate of drug-likeness (QED) is 0.455. The van der Waals surface area contributed by atoms with Crippen molar-refractivity contribution in [2.24, 2.45) is 10.9 Å². The van der Waals surface area contributed by atoms with Crippen molar-refractivity contribution in [1.82, 2.24) is 10.6 Å². The van der Waals surface area contributed by atoms with Gasteiger partial charge in [0.05, 0.1) is 6.61 Å². The van der Waals surface area contributed by atoms with Crippen molar-refractivity contribution in [3.63, 3.8) is 0 Å². The predicted molar refractivity (Wildman–Crippen MR) is 78.1 cm³/mol. The molecule has 0 aromatic heterocycles. The van der Waals surface area contributed by atoms with Crippen LogP contribution in [0.5, 0.6) is 0 Å². The van der Waals surface area contributed by atoms with E-state index in [1.165, 1.54) is 25.0 Å². The topological polar surface area (TPSA) is 45.7 Å². The van der Waals surface area contributed by atoms with Gasteiger partial charge >= 0.3 is 0 Å². The summed E-state index contributed by atoms with van der Waals surface area (Å²) < 4.78 is 18.3. The molecule has 1 fully saturated rings. The molecular weight excluding hydrogens is 257 g/mol. The molecule has 1 aliphatic carbocycles. The molecule has 0 unspecified atom stereocenters. The van der Waals surface area contributed by atoms with Crippen LogP contribution < -0.4 is 10.6 Å². The smallest absolute Gasteiger partial charge is 0.191 e. The number of benzene rings is 1. The maximum Gasteiger partial charge on any atom is 0.191 e. The molecule has 2 N–H and O–H groups in total. The summed E-state index contributed by atoms with van der Waals surface area (Å²) in [6.45, 7) is 2.91. The van der Waals surface area contributed by atoms with Crippen LogP contribution >= 0.6 is 0 Å². The fraction of sp³-hybridized carbons (Fsp3) is 0.533. The van der Waals surface area contributed by atoms with Crippen molar-refractivity contribution in [1.29, 1.82) is 0 Å². The molecule has 20 heavy (non-hydrogen) atoms. The van der Waals surface area contributed by atoms with Gasteiger partial charge in [-0.2, -0.15) is 0 Å². The number of hydrogen-bond donors (Lipinski definition) is 2. The molecule has 2 rings (SSSR count). The summed E-state index contributed by atoms with van der Waals surface area (Å²) in [6.07, 6.45) is 2.63. The van der Waals surface area contributed by atoms with Crippen molar-refractivity contribution in [2.75, 3.05) is 26.8 Å². The number of ether oxygens (including phenoxy) is 1. The van der Waals surface area contributed by atoms with Crippen LogP contribution in [0.25, 0.3) is 0 Å². The number of rotatable bonds is 7. The first-order valence-corrected chi connectivity index (χ1v) is 7.04. The second kappa shape index (κ2) is 7.85. The Labute approximate surface area is 119 Å². The summed E-state index contributed by atoms with van der Waals surface area (Å²) in [7, 11) is 1.73. The van der Waals surface area contributed by atoms with E-state index in [0.717, 1.165) is 30.6 Å². The lowest BCUT2D eigenvalue weighted by Gasteiger charge is -2.12. The molecule has 0 amide bonds. The third-order valence-corrected chi connectivity index (χ3v) is 3.19. The second-order valence-corrected chi connectivity index (χ2v) is 5.00. The van der Waals surface area contributed by atoms with Gasteiger partial charge < -0.3 is 15.4 Å². The first kappa shape index (κ1) is 14.8. The van der Waals surface area contributed by atoms with Crippen LogP contribution in [-0.2, 0) is 11.3 Å². The third-order valence-electron chi connectivity index (χ3n) is 3.19. The number of halogens is 1. The number of hydrogen-bond acceptors (Lipinski definition) is 2. The zero-order valence-corrected chi connectivity index (χ0v) is 11.9. The van der Waals surface area contributed by atoms with E-state index < -0.39 is 0 Å². The van der Waals surface area contributed by atoms with Gasteiger partial charge in [0.15, 0.2) is 5.96 Å². The van der Waals surface area contributed by atoms with E-state index in [0.29, 0.717) is 13.2 Å². The Hall–Kier alpha value is -1.62. The Morgan fingerprint density at radius 1 is 1.30 bits per heavy atom. The minimum Gasteiger partial charge on any atom is -0.379 e. The van der Waals surface area contributed by atoms with Gasteiger partial charge in [0.1, 0.15) is 5.82 Å². The lowest BCUT2D eigenvalue weighted by atomic mass is 10.2. The lowest BCUT2D eigenvalue weighted by Crippen LogP contribution is -2.38. The molecule has 1 saturated carbocycles. The molecule has 4 nitrogen and oxygen atoms in total. The van der Waals surface area contributed by atoms with Crippen LogP contribution in [0.3, 0.4) is 0 Å². The highest BCUT2D eigenvalue weighted by molar-refractivity contribution is 5.79. The maximum absolute atomic E-state index is 12.8. The van der Waals surface area contributed by atoms with E-state index in [-0.39, 0.29) is 5.82 Å². The Balaban J connectivity index is 1.60. The van der Waals surface area contributed by atoms with E-state index >= 15 is 0 Å². The second-order valence-electron chi connectivity index (χ2n) is 5.00. The van der Waals surface area contributed by atoms with Gasteiger partial charge in [-0.3, -0.25) is 4.99 Å². The number of aliphatic imine (C=N–C) groups is 1. The zero-order valence-electron chi connectivity index (χ0n) is 11.9. The van der Waals surface area contributed by atoms with Crippen LogP contribution in [-0.4, -0.2) is 32.8 Å². The highest BCUT2D eigenvalue weighted by Gasteiger charge is 2.20. The summed E-state index contributed by atoms with van der Waals surface area (Å²) in [6, 6.07) is 6.43. The summed E-state index contributed by atoms with van der Waals surface area (Å²) in [5.41, 5.74) is 1.01. The van der Waals surface area contributed by atoms with Crippen molar-refractivity contribution < 1.29 is 9.13 Å². The van der Waals surface area contributed by atoms with E-state index in [9.17, 15) is 4.39 Å². The highest BCUT2D eigenvalue weighted by Crippen LogP contribution is 2.28. The molecule has 1 aliphatic rings. The lowest BCUT2D eigenvalue weighted by molar-refractivity contribution is 0.129. The highest BCUT2D eigenvalue weighted by atomic mass is 19.1. The Morgan fingerprint density at radius 3 is 2.70 bits per heavy atom. The summed E-state index contributed by atoms with van der Waals surface area (Å²) in [5, 5.41) is 6.36. The van der Waals surface area contributed by atoms with Crippen LogP contribution in [0.1, 0.15) is 18.4 Å². The fourth-order valence-corrected chi connectivity index (χ4v) is 1.78. The Morgan fingerprint density at radius 2 is 2.05 bits per heavy atom. The van der Waals surface area contributed by atoms with Gasteiger partial charge in [-0.05, 0) is 36.5 Å². The van der Waals surface area contributed by atoms with Crippen LogP contribution in [0.2, 0.25) is 0 Å². The monoisotopic (exact) mass is 279 g/mol. The van der Waals surface area contributed by atoms with Crippen molar-refractivity contribution in [3.05, 3.63) is 35.6 Å². The van der Waals surface area contributed by atoms with Crippen LogP contribution in [0.4, 0.5) is 4.39 Å². The largest absolute Gasteiger partial charge is 0.379 e. The van der Waals surface area contributed by atoms with Crippen LogP contribution in [0.15, 0.2) is 29.3 Å². The van der Waals surface area contributed by atoms with Crippen LogP contribution in [0, 0.1) is 11.7 Å². The molecule has 0 bridgehead atoms. The summed E-state index contributed by atoms with van der Waals surface area (Å²) in [5.74, 6) is 1.30. The average molecular weight is 279 g/mol. The predicted octanol–water partition coefficient (Wildman–Crippen LogP) is 1.92. The standard InChI is InChI=1S/C15H22FN3O/c1-17-15(18-8-9-20-11-13-2-3-13)19-10-12-4-6-14(16)7-5-12/h4-7,13H,2-3,8-11H2,1H3,(H2,17,18,19). The number of nitrogens with zero attached hydrogens (tertiary/aromatic N) is 1. The van der Waals surface area contributed by atoms with Crippen molar-refractivity contribution in [3.8, 4) is 0 Å². The Kier molecular flexibility index (Phi) is 5.80. The molecule has 0 spiro atoms. The first-order valence-electron chi connectivity index (χ1n) is 7.04. The summed E-state index contributed by atoms with van der Waals surface area (Å²) in [4.78, 5) is 4.13. The molecule has 1 aromatic carbocycles. The molecule has 5 heteroatoms. The third kappa shape index (κ3) is 5.57. The van der Waals surface area contributed by atoms with Gasteiger partial charge in [-0.15, -0.1) is 0 Å². The van der Waals surface area contributed by atoms with E-state index in [2.05, 4.69) is 15.6 Å². The molecule has 0 radical (unpaired) electrons. The number of guanidine groups is 1. The van der Waals surface area contributed by atoms with Gasteiger partial charge in [-0.25, -0.2) is 4.39 Å². The molecule has 0 saturated heterocycles. The normalized spacial score (nSPS) is 15.2. The minimum atomic E-state index is -0.218. The van der Waals surface area contributed by atoms with Crippen molar-refractivity contribution in [2.45, 2.75) is 19.4 Å². The van der Waals surface area contributed by atoms with Crippen molar-refractivity contribution >= 4 is 5.96 Å². The average Bonchev–Trinajstić information content (AvgIpc) is 3.28. The van der Waals surface area contributed by atoms with Gasteiger partial charge in [-0.1, -0.05) is 12.1 Å². The Bertz CT molecular complexity index is 429. The molecule has 0 heterocycles. The minimum absolute atomic E-state index is 0.218.